The van der Waals surface area contributed by atoms with Crippen LogP contribution in [0, 0.1) is 5.82 Å². The molecule has 6 nitrogen and oxygen atoms in total. The van der Waals surface area contributed by atoms with Gasteiger partial charge in [0.1, 0.15) is 11.6 Å². The van der Waals surface area contributed by atoms with E-state index >= 15 is 0 Å². The van der Waals surface area contributed by atoms with Crippen LogP contribution in [0.2, 0.25) is 0 Å². The zero-order valence-electron chi connectivity index (χ0n) is 19.1. The normalized spacial score (nSPS) is 12.7. The molecular weight excluding hydrogens is 451 g/mol. The Morgan fingerprint density at radius 3 is 2.44 bits per heavy atom. The summed E-state index contributed by atoms with van der Waals surface area (Å²) in [6.45, 7) is 3.70. The Balaban J connectivity index is 1.59. The minimum atomic E-state index is -0.437. The van der Waals surface area contributed by atoms with Gasteiger partial charge in [0.05, 0.1) is 18.4 Å². The number of ether oxygens (including phenoxy) is 1. The van der Waals surface area contributed by atoms with Crippen LogP contribution in [0.3, 0.4) is 0 Å². The number of carbonyl (C=O) groups excluding carboxylic acids is 1. The van der Waals surface area contributed by atoms with Gasteiger partial charge in [0.15, 0.2) is 11.0 Å². The van der Waals surface area contributed by atoms with E-state index in [1.165, 1.54) is 23.9 Å². The number of benzene rings is 3. The highest BCUT2D eigenvalue weighted by molar-refractivity contribution is 8.00. The first-order valence-corrected chi connectivity index (χ1v) is 11.7. The minimum Gasteiger partial charge on any atom is -0.497 e. The molecule has 1 amide bonds. The average Bonchev–Trinajstić information content (AvgIpc) is 3.28. The Labute approximate surface area is 202 Å². The van der Waals surface area contributed by atoms with E-state index in [2.05, 4.69) is 15.5 Å². The fourth-order valence-corrected chi connectivity index (χ4v) is 4.36. The number of hydrogen-bond acceptors (Lipinski definition) is 5. The number of nitrogens with one attached hydrogen (secondary N) is 1. The standard InChI is InChI=1S/C26H25FN4O2S/c1-17(19-12-14-21(27)15-13-19)28-25(32)18(2)34-26-30-29-24(20-8-7-11-23(16-20)33-3)31(26)22-9-5-4-6-10-22/h4-18H,1-3H3,(H,28,32). The Hall–Kier alpha value is -3.65. The van der Waals surface area contributed by atoms with Crippen LogP contribution in [0.1, 0.15) is 25.5 Å². The van der Waals surface area contributed by atoms with E-state index in [1.807, 2.05) is 73.0 Å². The summed E-state index contributed by atoms with van der Waals surface area (Å²) < 4.78 is 20.5. The molecule has 1 aromatic heterocycles. The number of methoxy groups -OCH3 is 1. The molecule has 174 valence electrons. The second kappa shape index (κ2) is 10.5. The molecular formula is C26H25FN4O2S. The van der Waals surface area contributed by atoms with Crippen LogP contribution in [0.4, 0.5) is 4.39 Å². The van der Waals surface area contributed by atoms with E-state index in [9.17, 15) is 9.18 Å². The zero-order chi connectivity index (χ0) is 24.1. The Bertz CT molecular complexity index is 1260. The van der Waals surface area contributed by atoms with E-state index < -0.39 is 5.25 Å². The van der Waals surface area contributed by atoms with Gasteiger partial charge in [-0.25, -0.2) is 4.39 Å². The summed E-state index contributed by atoms with van der Waals surface area (Å²) in [5.41, 5.74) is 2.57. The number of para-hydroxylation sites is 1. The van der Waals surface area contributed by atoms with Crippen molar-refractivity contribution >= 4 is 17.7 Å². The number of carbonyl (C=O) groups is 1. The van der Waals surface area contributed by atoms with Crippen LogP contribution in [-0.2, 0) is 4.79 Å². The monoisotopic (exact) mass is 476 g/mol. The molecule has 34 heavy (non-hydrogen) atoms. The van der Waals surface area contributed by atoms with Gasteiger partial charge in [-0.2, -0.15) is 0 Å². The molecule has 1 N–H and O–H groups in total. The van der Waals surface area contributed by atoms with Crippen molar-refractivity contribution in [3.05, 3.63) is 90.2 Å². The predicted octanol–water partition coefficient (Wildman–Crippen LogP) is 5.44. The Morgan fingerprint density at radius 2 is 1.74 bits per heavy atom. The number of halogens is 1. The molecule has 0 spiro atoms. The average molecular weight is 477 g/mol. The molecule has 4 rings (SSSR count). The fourth-order valence-electron chi connectivity index (χ4n) is 3.48. The van der Waals surface area contributed by atoms with Crippen molar-refractivity contribution in [1.29, 1.82) is 0 Å². The summed E-state index contributed by atoms with van der Waals surface area (Å²) in [5, 5.41) is 12.0. The number of amides is 1. The van der Waals surface area contributed by atoms with Gasteiger partial charge in [-0.15, -0.1) is 10.2 Å². The lowest BCUT2D eigenvalue weighted by molar-refractivity contribution is -0.120. The van der Waals surface area contributed by atoms with Crippen LogP contribution in [-0.4, -0.2) is 33.0 Å². The Kier molecular flexibility index (Phi) is 7.27. The summed E-state index contributed by atoms with van der Waals surface area (Å²) in [5.74, 6) is 0.919. The number of hydrogen-bond donors (Lipinski definition) is 1. The second-order valence-corrected chi connectivity index (χ2v) is 9.06. The molecule has 2 unspecified atom stereocenters. The van der Waals surface area contributed by atoms with Crippen LogP contribution in [0.25, 0.3) is 17.1 Å². The maximum absolute atomic E-state index is 13.2. The van der Waals surface area contributed by atoms with Crippen molar-refractivity contribution in [1.82, 2.24) is 20.1 Å². The van der Waals surface area contributed by atoms with Crippen molar-refractivity contribution in [2.75, 3.05) is 7.11 Å². The second-order valence-electron chi connectivity index (χ2n) is 7.75. The number of rotatable bonds is 8. The van der Waals surface area contributed by atoms with Crippen LogP contribution in [0.15, 0.2) is 84.0 Å². The minimum absolute atomic E-state index is 0.146. The largest absolute Gasteiger partial charge is 0.497 e. The van der Waals surface area contributed by atoms with Gasteiger partial charge in [0.25, 0.3) is 0 Å². The molecule has 0 aliphatic carbocycles. The SMILES string of the molecule is COc1cccc(-c2nnc(SC(C)C(=O)NC(C)c3ccc(F)cc3)n2-c2ccccc2)c1. The first kappa shape index (κ1) is 23.5. The molecule has 3 aromatic carbocycles. The van der Waals surface area contributed by atoms with E-state index in [0.29, 0.717) is 11.0 Å². The quantitative estimate of drug-likeness (QED) is 0.343. The van der Waals surface area contributed by atoms with E-state index in [-0.39, 0.29) is 17.8 Å². The number of aromatic nitrogens is 3. The third-order valence-electron chi connectivity index (χ3n) is 5.36. The van der Waals surface area contributed by atoms with Gasteiger partial charge in [0.2, 0.25) is 5.91 Å². The van der Waals surface area contributed by atoms with Gasteiger partial charge in [-0.05, 0) is 55.8 Å². The molecule has 1 heterocycles. The highest BCUT2D eigenvalue weighted by atomic mass is 32.2. The lowest BCUT2D eigenvalue weighted by Crippen LogP contribution is -2.33. The summed E-state index contributed by atoms with van der Waals surface area (Å²) in [6, 6.07) is 23.3. The van der Waals surface area contributed by atoms with E-state index in [4.69, 9.17) is 4.74 Å². The van der Waals surface area contributed by atoms with Crippen molar-refractivity contribution in [3.63, 3.8) is 0 Å². The third kappa shape index (κ3) is 5.28. The van der Waals surface area contributed by atoms with Crippen molar-refractivity contribution in [3.8, 4) is 22.8 Å². The summed E-state index contributed by atoms with van der Waals surface area (Å²) >= 11 is 1.32. The molecule has 0 radical (unpaired) electrons. The number of thioether (sulfide) groups is 1. The predicted molar refractivity (Wildman–Crippen MR) is 132 cm³/mol. The zero-order valence-corrected chi connectivity index (χ0v) is 19.9. The van der Waals surface area contributed by atoms with Gasteiger partial charge < -0.3 is 10.1 Å². The molecule has 0 fully saturated rings. The fraction of sp³-hybridized carbons (Fsp3) is 0.192. The van der Waals surface area contributed by atoms with Crippen LogP contribution < -0.4 is 10.1 Å². The smallest absolute Gasteiger partial charge is 0.233 e. The first-order chi connectivity index (χ1) is 16.5. The van der Waals surface area contributed by atoms with Crippen molar-refractivity contribution < 1.29 is 13.9 Å². The van der Waals surface area contributed by atoms with Crippen molar-refractivity contribution in [2.24, 2.45) is 0 Å². The maximum atomic E-state index is 13.2. The van der Waals surface area contributed by atoms with E-state index in [0.717, 1.165) is 22.6 Å². The van der Waals surface area contributed by atoms with Gasteiger partial charge in [-0.3, -0.25) is 9.36 Å². The van der Waals surface area contributed by atoms with Gasteiger partial charge in [0, 0.05) is 11.3 Å². The van der Waals surface area contributed by atoms with Gasteiger partial charge >= 0.3 is 0 Å². The molecule has 0 bridgehead atoms. The highest BCUT2D eigenvalue weighted by Gasteiger charge is 2.23. The summed E-state index contributed by atoms with van der Waals surface area (Å²) in [4.78, 5) is 12.9. The lowest BCUT2D eigenvalue weighted by Gasteiger charge is -2.18. The molecule has 8 heteroatoms. The molecule has 0 saturated carbocycles. The van der Waals surface area contributed by atoms with E-state index in [1.54, 1.807) is 19.2 Å². The molecule has 4 aromatic rings. The summed E-state index contributed by atoms with van der Waals surface area (Å²) in [6.07, 6.45) is 0. The molecule has 0 saturated heterocycles. The van der Waals surface area contributed by atoms with Gasteiger partial charge in [-0.1, -0.05) is 54.2 Å². The maximum Gasteiger partial charge on any atom is 0.233 e. The molecule has 0 aliphatic heterocycles. The molecule has 2 atom stereocenters. The van der Waals surface area contributed by atoms with Crippen LogP contribution >= 0.6 is 11.8 Å². The summed E-state index contributed by atoms with van der Waals surface area (Å²) in [7, 11) is 1.62. The van der Waals surface area contributed by atoms with Crippen LogP contribution in [0.5, 0.6) is 5.75 Å². The first-order valence-electron chi connectivity index (χ1n) is 10.8. The highest BCUT2D eigenvalue weighted by Crippen LogP contribution is 2.31. The lowest BCUT2D eigenvalue weighted by atomic mass is 10.1. The topological polar surface area (TPSA) is 69.0 Å². The molecule has 0 aliphatic rings. The Morgan fingerprint density at radius 1 is 1.00 bits per heavy atom. The number of nitrogens with zero attached hydrogens (tertiary/aromatic N) is 3. The third-order valence-corrected chi connectivity index (χ3v) is 6.40. The van der Waals surface area contributed by atoms with Crippen molar-refractivity contribution in [2.45, 2.75) is 30.3 Å².